The van der Waals surface area contributed by atoms with E-state index in [1.807, 2.05) is 13.8 Å². The number of aryl methyl sites for hydroxylation is 1. The Morgan fingerprint density at radius 3 is 2.45 bits per heavy atom. The average Bonchev–Trinajstić information content (AvgIpc) is 3.45. The van der Waals surface area contributed by atoms with E-state index in [0.717, 1.165) is 95.5 Å². The number of rotatable bonds is 14. The molecule has 2 saturated heterocycles. The van der Waals surface area contributed by atoms with Gasteiger partial charge in [-0.25, -0.2) is 4.39 Å². The van der Waals surface area contributed by atoms with Crippen LogP contribution in [0.25, 0.3) is 28.0 Å². The summed E-state index contributed by atoms with van der Waals surface area (Å²) >= 11 is 0. The number of halogens is 1. The van der Waals surface area contributed by atoms with Gasteiger partial charge in [0, 0.05) is 47.8 Å². The molecule has 0 radical (unpaired) electrons. The molecule has 2 aliphatic heterocycles. The first kappa shape index (κ1) is 37.0. The van der Waals surface area contributed by atoms with Gasteiger partial charge in [-0.3, -0.25) is 4.99 Å². The number of aromatic nitrogens is 2. The van der Waals surface area contributed by atoms with Crippen molar-refractivity contribution in [3.8, 4) is 11.8 Å². The number of hydrogen-bond donors (Lipinski definition) is 2. The van der Waals surface area contributed by atoms with E-state index in [4.69, 9.17) is 19.7 Å². The maximum absolute atomic E-state index is 15.4. The van der Waals surface area contributed by atoms with Crippen LogP contribution in [0.5, 0.6) is 11.8 Å². The van der Waals surface area contributed by atoms with Gasteiger partial charge in [0.05, 0.1) is 23.6 Å². The lowest BCUT2D eigenvalue weighted by Crippen LogP contribution is -2.51. The third-order valence-electron chi connectivity index (χ3n) is 11.0. The van der Waals surface area contributed by atoms with Gasteiger partial charge in [-0.05, 0) is 99.0 Å². The molecule has 0 saturated carbocycles. The molecule has 3 aliphatic rings. The third kappa shape index (κ3) is 7.86. The lowest BCUT2D eigenvalue weighted by Gasteiger charge is -2.36. The molecule has 1 aromatic heterocycles. The SMILES string of the molecule is C/C=C1\C(=NC(C)C)C(c2cc(O)cc3ccc(F)c(CC)c23)=Cc2nc(OCC(C)(CCCC)CCCCC)nc(N3CC4CCC(C3)N4)c21. The Morgan fingerprint density at radius 2 is 1.78 bits per heavy atom. The van der Waals surface area contributed by atoms with Crippen LogP contribution in [-0.4, -0.2) is 58.6 Å². The Hall–Kier alpha value is -3.78. The van der Waals surface area contributed by atoms with Crippen molar-refractivity contribution in [3.63, 3.8) is 0 Å². The molecule has 3 heterocycles. The van der Waals surface area contributed by atoms with E-state index in [-0.39, 0.29) is 23.0 Å². The number of nitrogens with zero attached hydrogens (tertiary/aromatic N) is 4. The summed E-state index contributed by atoms with van der Waals surface area (Å²) in [7, 11) is 0. The zero-order valence-corrected chi connectivity index (χ0v) is 31.9. The Labute approximate surface area is 304 Å². The fourth-order valence-corrected chi connectivity index (χ4v) is 8.39. The van der Waals surface area contributed by atoms with Crippen LogP contribution in [0.2, 0.25) is 0 Å². The molecule has 6 rings (SSSR count). The Kier molecular flexibility index (Phi) is 11.5. The number of aliphatic imine (C=N–C) groups is 1. The molecule has 0 spiro atoms. The van der Waals surface area contributed by atoms with Gasteiger partial charge in [-0.2, -0.15) is 9.97 Å². The number of anilines is 1. The second-order valence-electron chi connectivity index (χ2n) is 15.6. The van der Waals surface area contributed by atoms with E-state index in [1.54, 1.807) is 18.2 Å². The number of phenolic OH excluding ortho intramolecular Hbond substituents is 1. The number of unbranched alkanes of at least 4 members (excludes halogenated alkanes) is 3. The van der Waals surface area contributed by atoms with Crippen LogP contribution in [0.1, 0.15) is 129 Å². The van der Waals surface area contributed by atoms with Crippen molar-refractivity contribution >= 4 is 39.5 Å². The maximum atomic E-state index is 15.4. The molecule has 2 bridgehead atoms. The lowest BCUT2D eigenvalue weighted by atomic mass is 9.81. The van der Waals surface area contributed by atoms with Crippen LogP contribution in [0.15, 0.2) is 35.3 Å². The predicted octanol–water partition coefficient (Wildman–Crippen LogP) is 9.94. The van der Waals surface area contributed by atoms with Crippen molar-refractivity contribution in [1.82, 2.24) is 15.3 Å². The third-order valence-corrected chi connectivity index (χ3v) is 11.0. The minimum absolute atomic E-state index is 0.0126. The van der Waals surface area contributed by atoms with Crippen LogP contribution in [-0.2, 0) is 6.42 Å². The smallest absolute Gasteiger partial charge is 0.318 e. The van der Waals surface area contributed by atoms with Crippen molar-refractivity contribution < 1.29 is 14.2 Å². The van der Waals surface area contributed by atoms with Crippen LogP contribution in [0, 0.1) is 11.2 Å². The maximum Gasteiger partial charge on any atom is 0.318 e. The van der Waals surface area contributed by atoms with Crippen molar-refractivity contribution in [3.05, 3.63) is 58.5 Å². The second-order valence-corrected chi connectivity index (χ2v) is 15.6. The summed E-state index contributed by atoms with van der Waals surface area (Å²) in [6.45, 7) is 17.3. The van der Waals surface area contributed by atoms with E-state index in [9.17, 15) is 5.11 Å². The highest BCUT2D eigenvalue weighted by molar-refractivity contribution is 6.50. The molecule has 51 heavy (non-hydrogen) atoms. The molecule has 3 atom stereocenters. The van der Waals surface area contributed by atoms with E-state index in [1.165, 1.54) is 31.7 Å². The number of fused-ring (bicyclic) bond motifs is 4. The molecule has 2 N–H and O–H groups in total. The van der Waals surface area contributed by atoms with Gasteiger partial charge in [0.25, 0.3) is 0 Å². The zero-order chi connectivity index (χ0) is 36.3. The highest BCUT2D eigenvalue weighted by Crippen LogP contribution is 2.45. The van der Waals surface area contributed by atoms with Gasteiger partial charge in [-0.15, -0.1) is 0 Å². The first-order valence-electron chi connectivity index (χ1n) is 19.5. The molecule has 8 heteroatoms. The number of benzene rings is 2. The average molecular weight is 696 g/mol. The fourth-order valence-electron chi connectivity index (χ4n) is 8.39. The summed E-state index contributed by atoms with van der Waals surface area (Å²) in [6, 6.07) is 7.93. The highest BCUT2D eigenvalue weighted by Gasteiger charge is 2.37. The van der Waals surface area contributed by atoms with Gasteiger partial charge in [-0.1, -0.05) is 71.9 Å². The van der Waals surface area contributed by atoms with Crippen molar-refractivity contribution in [2.24, 2.45) is 10.4 Å². The number of hydrogen-bond acceptors (Lipinski definition) is 7. The van der Waals surface area contributed by atoms with Crippen LogP contribution >= 0.6 is 0 Å². The van der Waals surface area contributed by atoms with E-state index in [0.29, 0.717) is 36.7 Å². The van der Waals surface area contributed by atoms with E-state index < -0.39 is 0 Å². The second kappa shape index (κ2) is 15.9. The van der Waals surface area contributed by atoms with Crippen LogP contribution in [0.3, 0.4) is 0 Å². The zero-order valence-electron chi connectivity index (χ0n) is 31.9. The first-order valence-corrected chi connectivity index (χ1v) is 19.5. The summed E-state index contributed by atoms with van der Waals surface area (Å²) in [5.74, 6) is 0.763. The van der Waals surface area contributed by atoms with Gasteiger partial charge in [0.1, 0.15) is 17.4 Å². The summed E-state index contributed by atoms with van der Waals surface area (Å²) in [4.78, 5) is 18.1. The van der Waals surface area contributed by atoms with Crippen molar-refractivity contribution in [2.45, 2.75) is 131 Å². The Bertz CT molecular complexity index is 1820. The quantitative estimate of drug-likeness (QED) is 0.163. The van der Waals surface area contributed by atoms with Gasteiger partial charge < -0.3 is 20.1 Å². The Balaban J connectivity index is 1.55. The number of ether oxygens (including phenoxy) is 1. The molecule has 7 nitrogen and oxygen atoms in total. The predicted molar refractivity (Wildman–Crippen MR) is 211 cm³/mol. The number of allylic oxidation sites excluding steroid dienone is 3. The Morgan fingerprint density at radius 1 is 1.06 bits per heavy atom. The summed E-state index contributed by atoms with van der Waals surface area (Å²) in [5.41, 5.74) is 5.69. The van der Waals surface area contributed by atoms with Crippen LogP contribution in [0.4, 0.5) is 10.2 Å². The van der Waals surface area contributed by atoms with Crippen molar-refractivity contribution in [1.29, 1.82) is 0 Å². The van der Waals surface area contributed by atoms with E-state index >= 15 is 4.39 Å². The summed E-state index contributed by atoms with van der Waals surface area (Å²) in [6.07, 6.45) is 15.2. The molecular weight excluding hydrogens is 638 g/mol. The normalized spacial score (nSPS) is 21.4. The van der Waals surface area contributed by atoms with Gasteiger partial charge >= 0.3 is 6.01 Å². The molecule has 1 aliphatic carbocycles. The minimum Gasteiger partial charge on any atom is -0.508 e. The topological polar surface area (TPSA) is 82.9 Å². The largest absolute Gasteiger partial charge is 0.508 e. The van der Waals surface area contributed by atoms with Gasteiger partial charge in [0.15, 0.2) is 0 Å². The van der Waals surface area contributed by atoms with Gasteiger partial charge in [0.2, 0.25) is 0 Å². The highest BCUT2D eigenvalue weighted by atomic mass is 19.1. The van der Waals surface area contributed by atoms with E-state index in [2.05, 4.69) is 57.0 Å². The lowest BCUT2D eigenvalue weighted by molar-refractivity contribution is 0.126. The summed E-state index contributed by atoms with van der Waals surface area (Å²) in [5, 5.41) is 16.4. The molecular formula is C43H58FN5O2. The molecule has 0 amide bonds. The van der Waals surface area contributed by atoms with Crippen LogP contribution < -0.4 is 15.0 Å². The minimum atomic E-state index is -0.249. The molecule has 2 aromatic carbocycles. The first-order chi connectivity index (χ1) is 24.6. The van der Waals surface area contributed by atoms with Crippen molar-refractivity contribution in [2.75, 3.05) is 24.6 Å². The molecule has 2 fully saturated rings. The number of phenols is 1. The fraction of sp³-hybridized carbons (Fsp3) is 0.558. The molecule has 3 aromatic rings. The molecule has 3 unspecified atom stereocenters. The number of nitrogens with one attached hydrogen (secondary N) is 1. The molecule has 274 valence electrons. The monoisotopic (exact) mass is 695 g/mol. The summed E-state index contributed by atoms with van der Waals surface area (Å²) < 4.78 is 22.1. The number of aromatic hydroxyl groups is 1. The standard InChI is InChI=1S/C43H58FN5O2/c1-8-12-14-20-43(7,19-13-9-2)26-51-42-47-37-23-35(34-22-31(50)21-28-15-18-36(44)32(10-3)38(28)34)40(45-27(5)6)33(11-4)39(37)41(48-42)49-24-29-16-17-30(25-49)46-29/h11,15,18,21-23,27,29-30,46,50H,8-10,12-14,16-17,19-20,24-26H2,1-7H3/b33-11-,45-40?. The number of piperazine rings is 1.